The zero-order chi connectivity index (χ0) is 56.6. The first kappa shape index (κ1) is 59.1. The van der Waals surface area contributed by atoms with Gasteiger partial charge in [-0.15, -0.1) is 23.3 Å². The summed E-state index contributed by atoms with van der Waals surface area (Å²) in [5, 5.41) is 22.9. The van der Waals surface area contributed by atoms with Gasteiger partial charge in [0.2, 0.25) is 0 Å². The summed E-state index contributed by atoms with van der Waals surface area (Å²) in [5.41, 5.74) is 6.60. The SMILES string of the molecule is [Ag+].[Ag+].[C-]#Cc1cc2c3ccccc3c(-c3ccccc3)cc2c2ccccc12.[C-]#Cc1cc2c3ccccc3c(-c3ccccc3)cc2c2ccccc12.c1ccc([PH+](c2ccccc2)c2ccccc2[PH+](c2ccccc2)c2ccccc2)cc1. The van der Waals surface area contributed by atoms with Crippen LogP contribution in [0.25, 0.3) is 86.9 Å². The third-order valence-electron chi connectivity index (χ3n) is 15.9. The molecule has 0 spiro atoms. The van der Waals surface area contributed by atoms with Crippen LogP contribution >= 0.6 is 15.8 Å². The van der Waals surface area contributed by atoms with Gasteiger partial charge in [0.25, 0.3) is 0 Å². The van der Waals surface area contributed by atoms with Gasteiger partial charge in [-0.1, -0.05) is 253 Å². The molecule has 15 aromatic carbocycles. The molecular formula is C82H56Ag2P2+2. The first-order chi connectivity index (χ1) is 41.6. The largest absolute Gasteiger partial charge is 1.00 e. The first-order valence-electron chi connectivity index (χ1n) is 28.4. The molecule has 86 heavy (non-hydrogen) atoms. The maximum absolute atomic E-state index is 7.74. The van der Waals surface area contributed by atoms with Crippen LogP contribution in [0.15, 0.2) is 328 Å². The molecule has 0 heterocycles. The Balaban J connectivity index is 0.000000133. The van der Waals surface area contributed by atoms with Gasteiger partial charge in [-0.3, -0.25) is 11.8 Å². The number of hydrogen-bond donors (Lipinski definition) is 0. The minimum atomic E-state index is -1.14. The Bertz CT molecular complexity index is 4510. The van der Waals surface area contributed by atoms with Crippen LogP contribution in [-0.2, 0) is 44.8 Å². The van der Waals surface area contributed by atoms with Gasteiger partial charge < -0.3 is 12.8 Å². The Morgan fingerprint density at radius 3 is 0.721 bits per heavy atom. The van der Waals surface area contributed by atoms with Crippen molar-refractivity contribution in [3.63, 3.8) is 0 Å². The van der Waals surface area contributed by atoms with E-state index in [2.05, 4.69) is 315 Å². The number of fused-ring (bicyclic) bond motifs is 10. The number of hydrogen-bond acceptors (Lipinski definition) is 0. The van der Waals surface area contributed by atoms with Gasteiger partial charge in [-0.05, 0) is 149 Å². The van der Waals surface area contributed by atoms with Gasteiger partial charge in [-0.2, -0.15) is 0 Å². The van der Waals surface area contributed by atoms with E-state index in [1.807, 2.05) is 24.3 Å². The molecule has 15 rings (SSSR count). The van der Waals surface area contributed by atoms with Crippen LogP contribution in [0.1, 0.15) is 11.1 Å². The van der Waals surface area contributed by atoms with Crippen LogP contribution < -0.4 is 31.8 Å². The van der Waals surface area contributed by atoms with Crippen LogP contribution in [-0.4, -0.2) is 0 Å². The summed E-state index contributed by atoms with van der Waals surface area (Å²) in [5.74, 6) is 5.25. The Morgan fingerprint density at radius 1 is 0.209 bits per heavy atom. The maximum Gasteiger partial charge on any atom is 1.00 e. The molecule has 0 saturated carbocycles. The van der Waals surface area contributed by atoms with Crippen molar-refractivity contribution < 1.29 is 44.8 Å². The first-order valence-corrected chi connectivity index (χ1v) is 31.4. The van der Waals surface area contributed by atoms with Crippen LogP contribution in [0, 0.1) is 24.7 Å². The van der Waals surface area contributed by atoms with Crippen molar-refractivity contribution in [3.05, 3.63) is 352 Å². The minimum absolute atomic E-state index is 0. The maximum atomic E-state index is 7.74. The van der Waals surface area contributed by atoms with Crippen molar-refractivity contribution in [2.24, 2.45) is 0 Å². The van der Waals surface area contributed by atoms with E-state index >= 15 is 0 Å². The average molecular weight is 1320 g/mol. The summed E-state index contributed by atoms with van der Waals surface area (Å²) < 4.78 is 0. The summed E-state index contributed by atoms with van der Waals surface area (Å²) in [4.78, 5) is 0. The molecule has 0 unspecified atom stereocenters. The Morgan fingerprint density at radius 2 is 0.430 bits per heavy atom. The minimum Gasteiger partial charge on any atom is -0.366 e. The fourth-order valence-corrected chi connectivity index (χ4v) is 18.1. The molecule has 15 aromatic rings. The molecule has 0 radical (unpaired) electrons. The number of rotatable bonds is 8. The standard InChI is InChI=1S/C30H24P2.2C26H15.2Ag/c1-5-15-25(16-6-1)31(26-17-7-2-8-18-26)29-23-13-14-24-30(29)32(27-19-9-3-10-20-27)28-21-11-4-12-22-28;2*1-2-18-16-25-23-15-9-8-14-22(23)24(19-10-4-3-5-11-19)17-26(25)21-13-7-6-12-20(18)21;;/h1-24H;2*3-17H;;/q;2*-1;2*+1/p+2. The molecule has 0 fully saturated rings. The van der Waals surface area contributed by atoms with Gasteiger partial charge >= 0.3 is 44.8 Å². The predicted molar refractivity (Wildman–Crippen MR) is 368 cm³/mol. The van der Waals surface area contributed by atoms with Gasteiger partial charge in [0, 0.05) is 0 Å². The van der Waals surface area contributed by atoms with E-state index in [1.165, 1.54) is 108 Å². The van der Waals surface area contributed by atoms with Crippen molar-refractivity contribution in [1.29, 1.82) is 0 Å². The van der Waals surface area contributed by atoms with Crippen LogP contribution in [0.2, 0.25) is 0 Å². The Kier molecular flexibility index (Phi) is 18.9. The summed E-state index contributed by atoms with van der Waals surface area (Å²) in [6.45, 7) is 0. The topological polar surface area (TPSA) is 0 Å². The Hall–Kier alpha value is -8.68. The van der Waals surface area contributed by atoms with Crippen molar-refractivity contribution in [3.8, 4) is 34.1 Å². The van der Waals surface area contributed by atoms with Gasteiger partial charge in [0.05, 0.1) is 0 Å². The molecule has 0 nitrogen and oxygen atoms in total. The van der Waals surface area contributed by atoms with E-state index in [1.54, 1.807) is 0 Å². The van der Waals surface area contributed by atoms with Gasteiger partial charge in [-0.25, -0.2) is 0 Å². The van der Waals surface area contributed by atoms with E-state index in [-0.39, 0.29) is 44.8 Å². The molecule has 4 heteroatoms. The quantitative estimate of drug-likeness (QED) is 0.0468. The summed E-state index contributed by atoms with van der Waals surface area (Å²) >= 11 is 0. The fraction of sp³-hybridized carbons (Fsp3) is 0. The molecule has 0 N–H and O–H groups in total. The normalized spacial score (nSPS) is 10.8. The second-order valence-electron chi connectivity index (χ2n) is 20.8. The van der Waals surface area contributed by atoms with E-state index in [0.717, 1.165) is 21.9 Å². The van der Waals surface area contributed by atoms with Gasteiger partial charge in [0.15, 0.2) is 0 Å². The van der Waals surface area contributed by atoms with Crippen LogP contribution in [0.4, 0.5) is 0 Å². The molecule has 0 aromatic heterocycles. The average Bonchev–Trinajstić information content (AvgIpc) is 1.09. The van der Waals surface area contributed by atoms with Crippen molar-refractivity contribution in [1.82, 2.24) is 0 Å². The molecule has 0 aliphatic rings. The molecular weight excluding hydrogens is 1260 g/mol. The van der Waals surface area contributed by atoms with E-state index in [9.17, 15) is 0 Å². The van der Waals surface area contributed by atoms with Crippen molar-refractivity contribution in [2.45, 2.75) is 0 Å². The Labute approximate surface area is 538 Å². The smallest absolute Gasteiger partial charge is 0.366 e. The molecule has 0 amide bonds. The monoisotopic (exact) mass is 1320 g/mol. The van der Waals surface area contributed by atoms with Gasteiger partial charge in [0.1, 0.15) is 47.7 Å². The second-order valence-corrected chi connectivity index (χ2v) is 25.7. The molecule has 0 atom stereocenters. The zero-order valence-electron chi connectivity index (χ0n) is 46.8. The fourth-order valence-electron chi connectivity index (χ4n) is 12.1. The molecule has 0 saturated heterocycles. The third kappa shape index (κ3) is 12.0. The zero-order valence-corrected chi connectivity index (χ0v) is 51.7. The summed E-state index contributed by atoms with van der Waals surface area (Å²) in [6, 6.07) is 117. The van der Waals surface area contributed by atoms with Crippen molar-refractivity contribution in [2.75, 3.05) is 0 Å². The van der Waals surface area contributed by atoms with Crippen LogP contribution in [0.5, 0.6) is 0 Å². The summed E-state index contributed by atoms with van der Waals surface area (Å²) in [7, 11) is -2.28. The van der Waals surface area contributed by atoms with E-state index < -0.39 is 15.8 Å². The van der Waals surface area contributed by atoms with E-state index in [0.29, 0.717) is 0 Å². The van der Waals surface area contributed by atoms with Crippen molar-refractivity contribution >= 4 is 112 Å². The predicted octanol–water partition coefficient (Wildman–Crippen LogP) is 18.2. The molecule has 414 valence electrons. The molecule has 0 aliphatic carbocycles. The molecule has 0 aliphatic heterocycles. The number of benzene rings is 15. The van der Waals surface area contributed by atoms with Crippen LogP contribution in [0.3, 0.4) is 0 Å². The second kappa shape index (κ2) is 27.6. The molecule has 0 bridgehead atoms. The third-order valence-corrected chi connectivity index (χ3v) is 21.8. The van der Waals surface area contributed by atoms with E-state index in [4.69, 9.17) is 12.8 Å². The summed E-state index contributed by atoms with van der Waals surface area (Å²) in [6.07, 6.45) is 15.5.